The third-order valence-corrected chi connectivity index (χ3v) is 16.6. The van der Waals surface area contributed by atoms with E-state index in [-0.39, 0.29) is 0 Å². The first-order valence-corrected chi connectivity index (χ1v) is 19.7. The standard InChI is InChI=1S/C37H29NS6/c1-16-6-7-23(39-16)24-8-10-27(40-24)29-14-21-17(2)32-20(5)35-33(19(4)34(32)36(21)43-29)18(3)22-15-30(44-37(22)35)28-11-9-25(41-28)26-12-13-31(38)42-26/h6-15,17-18H,38H2,1-5H3. The van der Waals surface area contributed by atoms with Crippen molar-refractivity contribution in [3.05, 3.63) is 98.9 Å². The summed E-state index contributed by atoms with van der Waals surface area (Å²) in [6.45, 7) is 11.8. The maximum absolute atomic E-state index is 6.02. The molecule has 7 aromatic rings. The van der Waals surface area contributed by atoms with E-state index in [9.17, 15) is 0 Å². The number of fused-ring (bicyclic) bond motifs is 6. The smallest absolute Gasteiger partial charge is 0.0863 e. The molecular weight excluding hydrogens is 651 g/mol. The molecule has 0 saturated carbocycles. The lowest BCUT2D eigenvalue weighted by atomic mass is 9.85. The molecule has 218 valence electrons. The van der Waals surface area contributed by atoms with Crippen LogP contribution in [-0.4, -0.2) is 0 Å². The van der Waals surface area contributed by atoms with E-state index >= 15 is 0 Å². The molecule has 2 atom stereocenters. The van der Waals surface area contributed by atoms with E-state index in [4.69, 9.17) is 5.73 Å². The molecule has 0 amide bonds. The van der Waals surface area contributed by atoms with Crippen LogP contribution in [0.1, 0.15) is 63.9 Å². The van der Waals surface area contributed by atoms with Gasteiger partial charge >= 0.3 is 0 Å². The molecule has 0 fully saturated rings. The Bertz CT molecular complexity index is 2110. The van der Waals surface area contributed by atoms with Crippen molar-refractivity contribution >= 4 is 73.0 Å². The highest BCUT2D eigenvalue weighted by Crippen LogP contribution is 2.61. The third kappa shape index (κ3) is 3.90. The Morgan fingerprint density at radius 3 is 1.32 bits per heavy atom. The minimum absolute atomic E-state index is 0.401. The molecule has 9 rings (SSSR count). The maximum atomic E-state index is 6.02. The average Bonchev–Trinajstić information content (AvgIpc) is 3.83. The van der Waals surface area contributed by atoms with Crippen molar-refractivity contribution in [2.75, 3.05) is 5.73 Å². The van der Waals surface area contributed by atoms with Crippen LogP contribution in [0.4, 0.5) is 5.00 Å². The first-order valence-electron chi connectivity index (χ1n) is 14.8. The lowest BCUT2D eigenvalue weighted by molar-refractivity contribution is 0.926. The highest BCUT2D eigenvalue weighted by molar-refractivity contribution is 7.28. The molecule has 0 aliphatic heterocycles. The van der Waals surface area contributed by atoms with Crippen LogP contribution in [0.3, 0.4) is 0 Å². The first kappa shape index (κ1) is 27.5. The molecule has 44 heavy (non-hydrogen) atoms. The monoisotopic (exact) mass is 679 g/mol. The number of hydrogen-bond acceptors (Lipinski definition) is 7. The van der Waals surface area contributed by atoms with Gasteiger partial charge in [-0.25, -0.2) is 0 Å². The van der Waals surface area contributed by atoms with E-state index < -0.39 is 0 Å². The van der Waals surface area contributed by atoms with Gasteiger partial charge in [0.15, 0.2) is 0 Å². The molecule has 7 heteroatoms. The zero-order valence-electron chi connectivity index (χ0n) is 25.0. The van der Waals surface area contributed by atoms with E-state index in [1.807, 2.05) is 62.8 Å². The van der Waals surface area contributed by atoms with E-state index in [1.54, 1.807) is 22.5 Å². The van der Waals surface area contributed by atoms with Gasteiger partial charge in [0.2, 0.25) is 0 Å². The van der Waals surface area contributed by atoms with Crippen molar-refractivity contribution in [2.45, 2.75) is 46.5 Å². The summed E-state index contributed by atoms with van der Waals surface area (Å²) in [4.78, 5) is 15.2. The van der Waals surface area contributed by atoms with Crippen molar-refractivity contribution in [2.24, 2.45) is 0 Å². The van der Waals surface area contributed by atoms with Gasteiger partial charge in [0.05, 0.1) is 5.00 Å². The second kappa shape index (κ2) is 9.86. The summed E-state index contributed by atoms with van der Waals surface area (Å²) in [7, 11) is 0. The fourth-order valence-corrected chi connectivity index (χ4v) is 14.1. The number of aryl methyl sites for hydroxylation is 1. The predicted octanol–water partition coefficient (Wildman–Crippen LogP) is 13.5. The van der Waals surface area contributed by atoms with Crippen LogP contribution in [0.25, 0.3) is 59.9 Å². The average molecular weight is 680 g/mol. The summed E-state index contributed by atoms with van der Waals surface area (Å²) in [6, 6.07) is 22.8. The Balaban J connectivity index is 1.11. The van der Waals surface area contributed by atoms with Crippen molar-refractivity contribution in [3.63, 3.8) is 0 Å². The summed E-state index contributed by atoms with van der Waals surface area (Å²) in [5, 5.41) is 0.874. The first-order chi connectivity index (χ1) is 21.3. The lowest BCUT2D eigenvalue weighted by Gasteiger charge is -2.20. The normalized spacial score (nSPS) is 16.4. The second-order valence-corrected chi connectivity index (χ2v) is 18.7. The Hall–Kier alpha value is -2.78. The van der Waals surface area contributed by atoms with Crippen LogP contribution in [0.2, 0.25) is 0 Å². The molecule has 2 aliphatic carbocycles. The topological polar surface area (TPSA) is 26.0 Å². The number of nitrogen functional groups attached to an aromatic ring is 1. The number of hydrogen-bond donors (Lipinski definition) is 1. The summed E-state index contributed by atoms with van der Waals surface area (Å²) in [5.74, 6) is 0.809. The fourth-order valence-electron chi connectivity index (χ4n) is 7.37. The van der Waals surface area contributed by atoms with Crippen LogP contribution in [-0.2, 0) is 0 Å². The number of thiophene rings is 6. The third-order valence-electron chi connectivity index (χ3n) is 9.42. The quantitative estimate of drug-likeness (QED) is 0.197. The summed E-state index contributed by atoms with van der Waals surface area (Å²) < 4.78 is 0. The van der Waals surface area contributed by atoms with E-state index in [0.717, 1.165) is 5.00 Å². The van der Waals surface area contributed by atoms with Crippen molar-refractivity contribution in [1.82, 2.24) is 0 Å². The van der Waals surface area contributed by atoms with Gasteiger partial charge in [-0.05, 0) is 126 Å². The molecule has 2 aliphatic rings. The van der Waals surface area contributed by atoms with Crippen LogP contribution in [0, 0.1) is 20.8 Å². The molecule has 0 bridgehead atoms. The summed E-state index contributed by atoms with van der Waals surface area (Å²) in [5.41, 5.74) is 18.2. The van der Waals surface area contributed by atoms with Gasteiger partial charge in [0.1, 0.15) is 0 Å². The van der Waals surface area contributed by atoms with Crippen LogP contribution >= 0.6 is 68.0 Å². The van der Waals surface area contributed by atoms with E-state index in [2.05, 4.69) is 89.2 Å². The lowest BCUT2D eigenvalue weighted by Crippen LogP contribution is -2.01. The van der Waals surface area contributed by atoms with Crippen LogP contribution < -0.4 is 5.73 Å². The fraction of sp³-hybridized carbons (Fsp3) is 0.189. The molecule has 0 spiro atoms. The zero-order chi connectivity index (χ0) is 30.0. The molecule has 6 heterocycles. The predicted molar refractivity (Wildman–Crippen MR) is 200 cm³/mol. The van der Waals surface area contributed by atoms with Gasteiger partial charge in [-0.3, -0.25) is 0 Å². The van der Waals surface area contributed by atoms with Crippen molar-refractivity contribution in [1.29, 1.82) is 0 Å². The van der Waals surface area contributed by atoms with Gasteiger partial charge in [-0.15, -0.1) is 68.0 Å². The molecule has 0 saturated heterocycles. The number of nitrogens with two attached hydrogens (primary N) is 1. The van der Waals surface area contributed by atoms with E-state index in [1.165, 1.54) is 87.0 Å². The van der Waals surface area contributed by atoms with Gasteiger partial charge in [-0.1, -0.05) is 13.8 Å². The Labute approximate surface area is 281 Å². The molecule has 0 radical (unpaired) electrons. The Morgan fingerprint density at radius 2 is 0.886 bits per heavy atom. The number of anilines is 1. The highest BCUT2D eigenvalue weighted by atomic mass is 32.1. The molecule has 2 N–H and O–H groups in total. The van der Waals surface area contributed by atoms with E-state index in [0.29, 0.717) is 11.8 Å². The van der Waals surface area contributed by atoms with Crippen molar-refractivity contribution in [3.8, 4) is 59.9 Å². The summed E-state index contributed by atoms with van der Waals surface area (Å²) >= 11 is 11.4. The number of rotatable bonds is 4. The second-order valence-electron chi connectivity index (χ2n) is 12.0. The minimum Gasteiger partial charge on any atom is -0.391 e. The van der Waals surface area contributed by atoms with Gasteiger partial charge in [0.25, 0.3) is 0 Å². The maximum Gasteiger partial charge on any atom is 0.0863 e. The molecular formula is C37H29NS6. The van der Waals surface area contributed by atoms with Gasteiger partial charge in [0, 0.05) is 65.5 Å². The Kier molecular flexibility index (Phi) is 6.17. The molecule has 1 nitrogen and oxygen atoms in total. The summed E-state index contributed by atoms with van der Waals surface area (Å²) in [6.07, 6.45) is 0. The SMILES string of the molecule is Cc1ccc(-c2ccc(-c3cc4c(s3)-c3c(C)c5c(c(C)c3C4C)-c3sc(-c4ccc(-c6ccc(N)s6)s4)cc3C5C)s2)s1. The minimum atomic E-state index is 0.401. The highest BCUT2D eigenvalue weighted by Gasteiger charge is 2.39. The van der Waals surface area contributed by atoms with Crippen LogP contribution in [0.5, 0.6) is 0 Å². The van der Waals surface area contributed by atoms with Gasteiger partial charge < -0.3 is 5.73 Å². The van der Waals surface area contributed by atoms with Crippen molar-refractivity contribution < 1.29 is 0 Å². The molecule has 1 aromatic carbocycles. The largest absolute Gasteiger partial charge is 0.391 e. The van der Waals surface area contributed by atoms with Crippen LogP contribution in [0.15, 0.2) is 60.7 Å². The van der Waals surface area contributed by atoms with Gasteiger partial charge in [-0.2, -0.15) is 0 Å². The zero-order valence-corrected chi connectivity index (χ0v) is 29.9. The Morgan fingerprint density at radius 1 is 0.477 bits per heavy atom. The molecule has 6 aromatic heterocycles. The molecule has 2 unspecified atom stereocenters. The number of benzene rings is 1.